The van der Waals surface area contributed by atoms with Gasteiger partial charge in [-0.05, 0) is 59.9 Å². The monoisotopic (exact) mass is 324 g/mol. The molecule has 0 fully saturated rings. The Morgan fingerprint density at radius 1 is 1.30 bits per heavy atom. The molecule has 0 spiro atoms. The summed E-state index contributed by atoms with van der Waals surface area (Å²) in [6.07, 6.45) is 9.52. The molecule has 0 atom stereocenters. The van der Waals surface area contributed by atoms with Crippen LogP contribution in [0.2, 0.25) is 0 Å². The number of hydrogen-bond donors (Lipinski definition) is 2. The predicted octanol–water partition coefficient (Wildman–Crippen LogP) is 5.30. The molecule has 0 radical (unpaired) electrons. The average molecular weight is 324 g/mol. The van der Waals surface area contributed by atoms with E-state index >= 15 is 0 Å². The number of nitrogens with one attached hydrogen (secondary N) is 1. The minimum atomic E-state index is 0.910. The molecule has 1 aromatic carbocycles. The van der Waals surface area contributed by atoms with Gasteiger partial charge in [-0.25, -0.2) is 0 Å². The van der Waals surface area contributed by atoms with Gasteiger partial charge in [0.15, 0.2) is 0 Å². The lowest BCUT2D eigenvalue weighted by molar-refractivity contribution is 0.989. The van der Waals surface area contributed by atoms with Gasteiger partial charge in [0.1, 0.15) is 0 Å². The van der Waals surface area contributed by atoms with Gasteiger partial charge in [-0.15, -0.1) is 11.8 Å². The summed E-state index contributed by atoms with van der Waals surface area (Å²) in [5.74, 6) is 1.07. The van der Waals surface area contributed by atoms with Gasteiger partial charge in [0, 0.05) is 28.5 Å². The summed E-state index contributed by atoms with van der Waals surface area (Å²) < 4.78 is 0. The van der Waals surface area contributed by atoms with Crippen molar-refractivity contribution in [1.82, 2.24) is 4.98 Å². The molecule has 1 aliphatic rings. The molecule has 23 heavy (non-hydrogen) atoms. The van der Waals surface area contributed by atoms with E-state index < -0.39 is 0 Å². The number of aryl methyl sites for hydroxylation is 1. The largest absolute Gasteiger partial charge is 0.402 e. The van der Waals surface area contributed by atoms with Crippen LogP contribution in [0.1, 0.15) is 32.3 Å². The second-order valence-electron chi connectivity index (χ2n) is 5.98. The number of hydrogen-bond acceptors (Lipinski definition) is 2. The molecule has 0 aliphatic carbocycles. The van der Waals surface area contributed by atoms with Gasteiger partial charge >= 0.3 is 0 Å². The maximum absolute atomic E-state index is 5.90. The number of thioether (sulfide) groups is 1. The molecule has 2 heterocycles. The summed E-state index contributed by atoms with van der Waals surface area (Å²) in [7, 11) is 0. The zero-order valence-electron chi connectivity index (χ0n) is 13.9. The first-order valence-corrected chi connectivity index (χ1v) is 9.20. The highest BCUT2D eigenvalue weighted by Gasteiger charge is 2.16. The van der Waals surface area contributed by atoms with Crippen LogP contribution in [0.15, 0.2) is 64.4 Å². The number of benzene rings is 1. The van der Waals surface area contributed by atoms with Crippen molar-refractivity contribution in [3.8, 4) is 0 Å². The number of H-pyrrole nitrogens is 1. The van der Waals surface area contributed by atoms with Crippen LogP contribution in [0, 0.1) is 0 Å². The molecular formula is C20H24N2S. The summed E-state index contributed by atoms with van der Waals surface area (Å²) in [5, 5.41) is 1.35. The van der Waals surface area contributed by atoms with Crippen LogP contribution in [0.25, 0.3) is 10.9 Å². The van der Waals surface area contributed by atoms with Crippen molar-refractivity contribution in [2.75, 3.05) is 5.75 Å². The zero-order chi connectivity index (χ0) is 16.2. The minimum absolute atomic E-state index is 0.910. The Hall–Kier alpha value is -1.87. The van der Waals surface area contributed by atoms with Gasteiger partial charge in [0.2, 0.25) is 0 Å². The molecular weight excluding hydrogens is 300 g/mol. The number of para-hydroxylation sites is 1. The molecule has 3 rings (SSSR count). The van der Waals surface area contributed by atoms with E-state index in [-0.39, 0.29) is 0 Å². The van der Waals surface area contributed by atoms with E-state index in [4.69, 9.17) is 5.73 Å². The van der Waals surface area contributed by atoms with Gasteiger partial charge in [-0.3, -0.25) is 0 Å². The number of rotatable bonds is 5. The smallest absolute Gasteiger partial charge is 0.0456 e. The number of aromatic amines is 1. The lowest BCUT2D eigenvalue weighted by atomic mass is 10.0. The van der Waals surface area contributed by atoms with Crippen molar-refractivity contribution in [2.24, 2.45) is 5.73 Å². The first kappa shape index (κ1) is 16.0. The van der Waals surface area contributed by atoms with Crippen LogP contribution in [-0.2, 0) is 6.42 Å². The minimum Gasteiger partial charge on any atom is -0.402 e. The Morgan fingerprint density at radius 3 is 2.96 bits per heavy atom. The molecule has 1 aliphatic heterocycles. The number of aromatic nitrogens is 1. The normalized spacial score (nSPS) is 17.7. The molecule has 0 saturated heterocycles. The molecule has 3 N–H and O–H groups in total. The SMILES string of the molecule is CC/C(N)=C/C=C1\CSC(CCc2c[nH]c3ccccc23)=C1C. The van der Waals surface area contributed by atoms with Crippen molar-refractivity contribution < 1.29 is 0 Å². The van der Waals surface area contributed by atoms with Crippen molar-refractivity contribution in [3.05, 3.63) is 69.9 Å². The fourth-order valence-electron chi connectivity index (χ4n) is 2.91. The van der Waals surface area contributed by atoms with Gasteiger partial charge in [0.05, 0.1) is 0 Å². The fraction of sp³-hybridized carbons (Fsp3) is 0.300. The molecule has 0 saturated carbocycles. The molecule has 0 unspecified atom stereocenters. The van der Waals surface area contributed by atoms with Gasteiger partial charge in [-0.1, -0.05) is 31.2 Å². The highest BCUT2D eigenvalue weighted by molar-refractivity contribution is 8.03. The third-order valence-electron chi connectivity index (χ3n) is 4.50. The first-order valence-electron chi connectivity index (χ1n) is 8.22. The van der Waals surface area contributed by atoms with Crippen molar-refractivity contribution in [1.29, 1.82) is 0 Å². The van der Waals surface area contributed by atoms with E-state index in [0.29, 0.717) is 0 Å². The quantitative estimate of drug-likeness (QED) is 0.783. The second kappa shape index (κ2) is 7.14. The summed E-state index contributed by atoms with van der Waals surface area (Å²) in [5.41, 5.74) is 12.3. The molecule has 0 bridgehead atoms. The van der Waals surface area contributed by atoms with Gasteiger partial charge in [0.25, 0.3) is 0 Å². The summed E-state index contributed by atoms with van der Waals surface area (Å²) >= 11 is 1.98. The Kier molecular flexibility index (Phi) is 4.97. The van der Waals surface area contributed by atoms with E-state index in [2.05, 4.69) is 61.4 Å². The van der Waals surface area contributed by atoms with E-state index in [1.807, 2.05) is 11.8 Å². The van der Waals surface area contributed by atoms with Gasteiger partial charge in [-0.2, -0.15) is 0 Å². The zero-order valence-corrected chi connectivity index (χ0v) is 14.7. The molecule has 0 amide bonds. The summed E-state index contributed by atoms with van der Waals surface area (Å²) in [6.45, 7) is 4.33. The molecule has 2 aromatic rings. The Morgan fingerprint density at radius 2 is 2.13 bits per heavy atom. The average Bonchev–Trinajstić information content (AvgIpc) is 3.14. The van der Waals surface area contributed by atoms with E-state index in [0.717, 1.165) is 30.7 Å². The first-order chi connectivity index (χ1) is 11.2. The lowest BCUT2D eigenvalue weighted by Crippen LogP contribution is -1.93. The maximum Gasteiger partial charge on any atom is 0.0456 e. The number of fused-ring (bicyclic) bond motifs is 1. The van der Waals surface area contributed by atoms with Crippen molar-refractivity contribution in [2.45, 2.75) is 33.1 Å². The molecule has 120 valence electrons. The van der Waals surface area contributed by atoms with Crippen LogP contribution >= 0.6 is 11.8 Å². The van der Waals surface area contributed by atoms with Gasteiger partial charge < -0.3 is 10.7 Å². The Bertz CT molecular complexity index is 793. The topological polar surface area (TPSA) is 41.8 Å². The molecule has 2 nitrogen and oxygen atoms in total. The molecule has 3 heteroatoms. The predicted molar refractivity (Wildman–Crippen MR) is 102 cm³/mol. The van der Waals surface area contributed by atoms with E-state index in [1.165, 1.54) is 32.5 Å². The van der Waals surface area contributed by atoms with Crippen LogP contribution in [0.4, 0.5) is 0 Å². The Balaban J connectivity index is 1.72. The third-order valence-corrected chi connectivity index (χ3v) is 5.82. The van der Waals surface area contributed by atoms with Crippen molar-refractivity contribution in [3.63, 3.8) is 0 Å². The third kappa shape index (κ3) is 3.56. The van der Waals surface area contributed by atoms with Crippen LogP contribution in [0.5, 0.6) is 0 Å². The van der Waals surface area contributed by atoms with E-state index in [1.54, 1.807) is 0 Å². The van der Waals surface area contributed by atoms with E-state index in [9.17, 15) is 0 Å². The molecule has 1 aromatic heterocycles. The maximum atomic E-state index is 5.90. The van der Waals surface area contributed by atoms with Crippen LogP contribution in [0.3, 0.4) is 0 Å². The summed E-state index contributed by atoms with van der Waals surface area (Å²) in [4.78, 5) is 4.89. The highest BCUT2D eigenvalue weighted by Crippen LogP contribution is 2.38. The highest BCUT2D eigenvalue weighted by atomic mass is 32.2. The van der Waals surface area contributed by atoms with Crippen LogP contribution in [-0.4, -0.2) is 10.7 Å². The number of allylic oxidation sites excluding steroid dienone is 5. The summed E-state index contributed by atoms with van der Waals surface area (Å²) in [6, 6.07) is 8.53. The lowest BCUT2D eigenvalue weighted by Gasteiger charge is -2.03. The Labute approximate surface area is 142 Å². The number of nitrogens with two attached hydrogens (primary N) is 1. The second-order valence-corrected chi connectivity index (χ2v) is 7.05. The fourth-order valence-corrected chi connectivity index (χ4v) is 4.14. The standard InChI is InChI=1S/C20H24N2S/c1-3-17(21)10-8-16-13-23-20(14(16)2)11-9-15-12-22-19-7-5-4-6-18(15)19/h4-8,10,12,22H,3,9,11,13,21H2,1-2H3/b16-8+,17-10-. The van der Waals surface area contributed by atoms with Crippen molar-refractivity contribution >= 4 is 22.7 Å². The van der Waals surface area contributed by atoms with Crippen LogP contribution < -0.4 is 5.73 Å².